The van der Waals surface area contributed by atoms with Crippen molar-refractivity contribution < 1.29 is 33.8 Å². The van der Waals surface area contributed by atoms with Crippen molar-refractivity contribution in [2.45, 2.75) is 57.4 Å². The van der Waals surface area contributed by atoms with Gasteiger partial charge in [-0.25, -0.2) is 0 Å². The van der Waals surface area contributed by atoms with E-state index < -0.39 is 36.4 Å². The largest absolute Gasteiger partial charge is 0.493 e. The smallest absolute Gasteiger partial charge is 0.255 e. The molecule has 2 heterocycles. The first-order chi connectivity index (χ1) is 16.8. The van der Waals surface area contributed by atoms with Gasteiger partial charge in [-0.1, -0.05) is 12.1 Å². The molecule has 11 heteroatoms. The van der Waals surface area contributed by atoms with Gasteiger partial charge in [0.05, 0.1) is 31.0 Å². The van der Waals surface area contributed by atoms with E-state index >= 15 is 0 Å². The summed E-state index contributed by atoms with van der Waals surface area (Å²) >= 11 is 0. The number of benzene rings is 1. The number of fused-ring (bicyclic) bond motifs is 1. The highest BCUT2D eigenvalue weighted by molar-refractivity contribution is 5.99. The first kappa shape index (κ1) is 26.4. The third-order valence-corrected chi connectivity index (χ3v) is 5.84. The third kappa shape index (κ3) is 7.40. The molecule has 0 bridgehead atoms. The lowest BCUT2D eigenvalue weighted by Crippen LogP contribution is -2.55. The molecule has 0 aliphatic carbocycles. The van der Waals surface area contributed by atoms with Gasteiger partial charge in [0.2, 0.25) is 17.7 Å². The van der Waals surface area contributed by atoms with Gasteiger partial charge >= 0.3 is 0 Å². The molecular formula is C24H34N4O7. The number of hydrogen-bond acceptors (Lipinski definition) is 7. The predicted octanol–water partition coefficient (Wildman–Crippen LogP) is -0.423. The Kier molecular flexibility index (Phi) is 9.44. The molecule has 11 nitrogen and oxygen atoms in total. The SMILES string of the molecule is C[C@@H]1CN(C(=O)[C@@H]2CCC(=O)N[C@@H](CO)C(=O)NCCCOc3ccccc3C(=O)N2)C[C@H](C)O1. The fourth-order valence-electron chi connectivity index (χ4n) is 4.18. The molecular weight excluding hydrogens is 456 g/mol. The lowest BCUT2D eigenvalue weighted by Gasteiger charge is -2.37. The molecule has 1 aromatic carbocycles. The van der Waals surface area contributed by atoms with Gasteiger partial charge in [0.15, 0.2) is 0 Å². The topological polar surface area (TPSA) is 146 Å². The molecule has 2 aliphatic rings. The van der Waals surface area contributed by atoms with Gasteiger partial charge in [-0.15, -0.1) is 0 Å². The number of carbonyl (C=O) groups excluding carboxylic acids is 4. The summed E-state index contributed by atoms with van der Waals surface area (Å²) in [5, 5.41) is 17.5. The Bertz CT molecular complexity index is 915. The zero-order chi connectivity index (χ0) is 25.4. The van der Waals surface area contributed by atoms with E-state index in [-0.39, 0.29) is 49.7 Å². The number of carbonyl (C=O) groups is 4. The van der Waals surface area contributed by atoms with Crippen LogP contribution in [0.5, 0.6) is 5.75 Å². The number of nitrogens with zero attached hydrogens (tertiary/aromatic N) is 1. The molecule has 0 saturated carbocycles. The fourth-order valence-corrected chi connectivity index (χ4v) is 4.18. The summed E-state index contributed by atoms with van der Waals surface area (Å²) in [7, 11) is 0. The molecule has 0 radical (unpaired) electrons. The van der Waals surface area contributed by atoms with Gasteiger partial charge < -0.3 is 35.4 Å². The number of rotatable bonds is 2. The van der Waals surface area contributed by atoms with E-state index in [0.717, 1.165) is 0 Å². The molecule has 4 atom stereocenters. The molecule has 4 amide bonds. The van der Waals surface area contributed by atoms with Crippen LogP contribution in [0.15, 0.2) is 24.3 Å². The summed E-state index contributed by atoms with van der Waals surface area (Å²) in [5.41, 5.74) is 0.273. The van der Waals surface area contributed by atoms with Crippen LogP contribution >= 0.6 is 0 Å². The van der Waals surface area contributed by atoms with Gasteiger partial charge in [0, 0.05) is 26.1 Å². The highest BCUT2D eigenvalue weighted by Gasteiger charge is 2.32. The average molecular weight is 491 g/mol. The molecule has 35 heavy (non-hydrogen) atoms. The first-order valence-electron chi connectivity index (χ1n) is 11.9. The molecule has 192 valence electrons. The lowest BCUT2D eigenvalue weighted by atomic mass is 10.1. The summed E-state index contributed by atoms with van der Waals surface area (Å²) in [5.74, 6) is -1.46. The standard InChI is InChI=1S/C24H34N4O7/c1-15-12-28(13-16(2)35-15)24(33)18-8-9-21(30)26-19(14-29)23(32)25-10-5-11-34-20-7-4-3-6-17(20)22(31)27-18/h3-4,6-7,15-16,18-19,29H,5,8-14H2,1-2H3,(H,25,32)(H,26,30)(H,27,31)/t15-,16+,18-,19-/m0/s1. The van der Waals surface area contributed by atoms with Crippen molar-refractivity contribution in [1.29, 1.82) is 0 Å². The van der Waals surface area contributed by atoms with Crippen molar-refractivity contribution in [2.75, 3.05) is 32.8 Å². The van der Waals surface area contributed by atoms with Crippen molar-refractivity contribution >= 4 is 23.6 Å². The first-order valence-corrected chi connectivity index (χ1v) is 11.9. The number of ether oxygens (including phenoxy) is 2. The predicted molar refractivity (Wildman–Crippen MR) is 126 cm³/mol. The number of amides is 4. The summed E-state index contributed by atoms with van der Waals surface area (Å²) < 4.78 is 11.5. The number of aliphatic hydroxyl groups excluding tert-OH is 1. The molecule has 3 rings (SSSR count). The van der Waals surface area contributed by atoms with Crippen LogP contribution in [-0.4, -0.2) is 90.8 Å². The Labute approximate surface area is 204 Å². The number of nitrogens with one attached hydrogen (secondary N) is 3. The van der Waals surface area contributed by atoms with E-state index in [1.807, 2.05) is 13.8 Å². The Morgan fingerprint density at radius 2 is 1.83 bits per heavy atom. The van der Waals surface area contributed by atoms with Gasteiger partial charge in [0.25, 0.3) is 5.91 Å². The quantitative estimate of drug-likeness (QED) is 0.440. The number of aliphatic hydroxyl groups is 1. The van der Waals surface area contributed by atoms with Crippen LogP contribution in [0.1, 0.15) is 43.5 Å². The normalized spacial score (nSPS) is 27.1. The van der Waals surface area contributed by atoms with Gasteiger partial charge in [-0.05, 0) is 38.8 Å². The third-order valence-electron chi connectivity index (χ3n) is 5.84. The van der Waals surface area contributed by atoms with E-state index in [0.29, 0.717) is 25.3 Å². The molecule has 1 aromatic rings. The van der Waals surface area contributed by atoms with E-state index in [1.54, 1.807) is 29.2 Å². The van der Waals surface area contributed by atoms with Crippen molar-refractivity contribution in [1.82, 2.24) is 20.9 Å². The minimum atomic E-state index is -1.11. The number of hydrogen-bond donors (Lipinski definition) is 4. The second-order valence-electron chi connectivity index (χ2n) is 8.86. The summed E-state index contributed by atoms with van der Waals surface area (Å²) in [6.45, 7) is 4.41. The summed E-state index contributed by atoms with van der Waals surface area (Å²) in [6.07, 6.45) is 0.00653. The van der Waals surface area contributed by atoms with Crippen LogP contribution in [-0.2, 0) is 19.1 Å². The maximum atomic E-state index is 13.4. The Morgan fingerprint density at radius 1 is 1.11 bits per heavy atom. The average Bonchev–Trinajstić information content (AvgIpc) is 2.83. The zero-order valence-corrected chi connectivity index (χ0v) is 20.1. The molecule has 2 aliphatic heterocycles. The van der Waals surface area contributed by atoms with Crippen LogP contribution in [0.2, 0.25) is 0 Å². The van der Waals surface area contributed by atoms with Gasteiger partial charge in [-0.2, -0.15) is 0 Å². The van der Waals surface area contributed by atoms with Crippen molar-refractivity contribution in [3.63, 3.8) is 0 Å². The lowest BCUT2D eigenvalue weighted by molar-refractivity contribution is -0.145. The number of morpholine rings is 1. The van der Waals surface area contributed by atoms with Crippen LogP contribution in [0.4, 0.5) is 0 Å². The van der Waals surface area contributed by atoms with Crippen molar-refractivity contribution in [2.24, 2.45) is 0 Å². The maximum absolute atomic E-state index is 13.4. The van der Waals surface area contributed by atoms with E-state index in [1.165, 1.54) is 0 Å². The van der Waals surface area contributed by atoms with Gasteiger partial charge in [-0.3, -0.25) is 19.2 Å². The highest BCUT2D eigenvalue weighted by Crippen LogP contribution is 2.20. The van der Waals surface area contributed by atoms with E-state index in [2.05, 4.69) is 16.0 Å². The Hall–Kier alpha value is -3.18. The minimum Gasteiger partial charge on any atom is -0.493 e. The molecule has 0 spiro atoms. The van der Waals surface area contributed by atoms with E-state index in [9.17, 15) is 24.3 Å². The van der Waals surface area contributed by atoms with Crippen LogP contribution in [0.3, 0.4) is 0 Å². The zero-order valence-electron chi connectivity index (χ0n) is 20.1. The maximum Gasteiger partial charge on any atom is 0.255 e. The van der Waals surface area contributed by atoms with Crippen molar-refractivity contribution in [3.05, 3.63) is 29.8 Å². The van der Waals surface area contributed by atoms with Crippen LogP contribution in [0.25, 0.3) is 0 Å². The van der Waals surface area contributed by atoms with E-state index in [4.69, 9.17) is 9.47 Å². The molecule has 4 N–H and O–H groups in total. The minimum absolute atomic E-state index is 0.0132. The Balaban J connectivity index is 1.84. The summed E-state index contributed by atoms with van der Waals surface area (Å²) in [6, 6.07) is 4.62. The summed E-state index contributed by atoms with van der Waals surface area (Å²) in [4.78, 5) is 53.1. The monoisotopic (exact) mass is 490 g/mol. The van der Waals surface area contributed by atoms with Crippen molar-refractivity contribution in [3.8, 4) is 5.75 Å². The second kappa shape index (κ2) is 12.5. The molecule has 0 aromatic heterocycles. The van der Waals surface area contributed by atoms with Crippen LogP contribution in [0, 0.1) is 0 Å². The van der Waals surface area contributed by atoms with Crippen LogP contribution < -0.4 is 20.7 Å². The van der Waals surface area contributed by atoms with Gasteiger partial charge in [0.1, 0.15) is 17.8 Å². The fraction of sp³-hybridized carbons (Fsp3) is 0.583. The molecule has 0 unspecified atom stereocenters. The second-order valence-corrected chi connectivity index (χ2v) is 8.86. The molecule has 1 fully saturated rings. The molecule has 1 saturated heterocycles. The highest BCUT2D eigenvalue weighted by atomic mass is 16.5. The number of para-hydroxylation sites is 1. The Morgan fingerprint density at radius 3 is 2.54 bits per heavy atom.